The molecule has 3 heterocycles. The van der Waals surface area contributed by atoms with Gasteiger partial charge < -0.3 is 19.9 Å². The van der Waals surface area contributed by atoms with E-state index in [1.54, 1.807) is 13.2 Å². The third-order valence-electron chi connectivity index (χ3n) is 5.02. The second-order valence-corrected chi connectivity index (χ2v) is 8.45. The largest absolute Gasteiger partial charge is 0.495 e. The molecule has 0 saturated carbocycles. The summed E-state index contributed by atoms with van der Waals surface area (Å²) >= 11 is 0. The fraction of sp³-hybridized carbons (Fsp3) is 0.348. The van der Waals surface area contributed by atoms with Crippen LogP contribution in [0, 0.1) is 0 Å². The van der Waals surface area contributed by atoms with Gasteiger partial charge in [0.15, 0.2) is 5.82 Å². The van der Waals surface area contributed by atoms with Gasteiger partial charge in [-0.3, -0.25) is 5.32 Å². The predicted molar refractivity (Wildman–Crippen MR) is 123 cm³/mol. The highest BCUT2D eigenvalue weighted by molar-refractivity contribution is 5.93. The van der Waals surface area contributed by atoms with Gasteiger partial charge in [-0.25, -0.2) is 14.3 Å². The summed E-state index contributed by atoms with van der Waals surface area (Å²) in [7, 11) is 1.55. The zero-order valence-corrected chi connectivity index (χ0v) is 18.6. The highest BCUT2D eigenvalue weighted by Gasteiger charge is 2.21. The van der Waals surface area contributed by atoms with Gasteiger partial charge in [-0.2, -0.15) is 5.10 Å². The Labute approximate surface area is 186 Å². The van der Waals surface area contributed by atoms with Crippen molar-refractivity contribution in [2.75, 3.05) is 31.4 Å². The molecule has 1 aliphatic heterocycles. The lowest BCUT2D eigenvalue weighted by Gasteiger charge is -2.20. The maximum absolute atomic E-state index is 12.2. The second-order valence-electron chi connectivity index (χ2n) is 8.45. The first kappa shape index (κ1) is 21.6. The number of nitrogens with one attached hydrogen (secondary N) is 1. The number of carbonyl (C=O) groups excluding carboxylic acids is 1. The lowest BCUT2D eigenvalue weighted by Crippen LogP contribution is -2.27. The number of aromatic nitrogens is 3. The minimum Gasteiger partial charge on any atom is -0.495 e. The maximum Gasteiger partial charge on any atom is 0.412 e. The number of methoxy groups -OCH3 is 1. The number of carbonyl (C=O) groups is 1. The molecule has 4 rings (SSSR count). The molecule has 1 amide bonds. The Morgan fingerprint density at radius 1 is 1.28 bits per heavy atom. The number of amides is 1. The molecule has 32 heavy (non-hydrogen) atoms. The summed E-state index contributed by atoms with van der Waals surface area (Å²) in [6.45, 7) is 6.65. The van der Waals surface area contributed by atoms with E-state index < -0.39 is 11.7 Å². The maximum atomic E-state index is 12.2. The van der Waals surface area contributed by atoms with Gasteiger partial charge in [0.25, 0.3) is 0 Å². The molecular formula is C23H27N5O4. The van der Waals surface area contributed by atoms with Crippen molar-refractivity contribution < 1.29 is 19.0 Å². The van der Waals surface area contributed by atoms with Crippen LogP contribution in [0.4, 0.5) is 16.3 Å². The van der Waals surface area contributed by atoms with Gasteiger partial charge in [0.2, 0.25) is 0 Å². The van der Waals surface area contributed by atoms with Crippen molar-refractivity contribution in [1.29, 1.82) is 0 Å². The van der Waals surface area contributed by atoms with Gasteiger partial charge in [-0.15, -0.1) is 0 Å². The number of nitrogen functional groups attached to an aromatic ring is 1. The summed E-state index contributed by atoms with van der Waals surface area (Å²) in [6, 6.07) is 7.55. The van der Waals surface area contributed by atoms with Crippen LogP contribution >= 0.6 is 0 Å². The molecule has 0 spiro atoms. The van der Waals surface area contributed by atoms with Crippen molar-refractivity contribution in [1.82, 2.24) is 14.6 Å². The number of anilines is 2. The Hall–Kier alpha value is -3.59. The molecule has 0 unspecified atom stereocenters. The molecule has 0 atom stereocenters. The van der Waals surface area contributed by atoms with E-state index in [0.29, 0.717) is 36.0 Å². The average Bonchev–Trinajstić information content (AvgIpc) is 3.14. The van der Waals surface area contributed by atoms with Crippen LogP contribution in [0.3, 0.4) is 0 Å². The van der Waals surface area contributed by atoms with Crippen LogP contribution < -0.4 is 15.8 Å². The van der Waals surface area contributed by atoms with Gasteiger partial charge in [0.05, 0.1) is 31.7 Å². The van der Waals surface area contributed by atoms with Crippen molar-refractivity contribution >= 4 is 28.7 Å². The number of hydrogen-bond donors (Lipinski definition) is 2. The average molecular weight is 438 g/mol. The van der Waals surface area contributed by atoms with Crippen LogP contribution in [0.25, 0.3) is 22.2 Å². The number of rotatable bonds is 4. The third kappa shape index (κ3) is 4.38. The first-order valence-corrected chi connectivity index (χ1v) is 10.3. The van der Waals surface area contributed by atoms with Gasteiger partial charge in [0.1, 0.15) is 23.2 Å². The topological polar surface area (TPSA) is 113 Å². The number of nitrogens with zero attached hydrogens (tertiary/aromatic N) is 3. The van der Waals surface area contributed by atoms with E-state index in [9.17, 15) is 4.79 Å². The molecule has 168 valence electrons. The van der Waals surface area contributed by atoms with Crippen molar-refractivity contribution in [3.8, 4) is 16.9 Å². The zero-order valence-electron chi connectivity index (χ0n) is 18.6. The van der Waals surface area contributed by atoms with Crippen LogP contribution in [-0.4, -0.2) is 46.6 Å². The molecule has 3 aromatic rings. The van der Waals surface area contributed by atoms with E-state index in [4.69, 9.17) is 19.9 Å². The molecule has 0 radical (unpaired) electrons. The fourth-order valence-electron chi connectivity index (χ4n) is 3.65. The minimum atomic E-state index is -0.602. The normalized spacial score (nSPS) is 14.2. The lowest BCUT2D eigenvalue weighted by atomic mass is 10.0. The number of fused-ring (bicyclic) bond motifs is 1. The van der Waals surface area contributed by atoms with E-state index >= 15 is 0 Å². The SMILES string of the molecule is COc1cc(-c2cc(C3=CCOCC3)n3ncnc(N)c23)ccc1NC(=O)OC(C)(C)C. The third-order valence-corrected chi connectivity index (χ3v) is 5.02. The molecule has 3 N–H and O–H groups in total. The number of benzene rings is 1. The predicted octanol–water partition coefficient (Wildman–Crippen LogP) is 4.14. The van der Waals surface area contributed by atoms with Gasteiger partial charge in [-0.1, -0.05) is 12.1 Å². The molecule has 9 heteroatoms. The van der Waals surface area contributed by atoms with Crippen molar-refractivity contribution in [3.05, 3.63) is 42.4 Å². The van der Waals surface area contributed by atoms with E-state index in [-0.39, 0.29) is 0 Å². The second kappa shape index (κ2) is 8.51. The van der Waals surface area contributed by atoms with E-state index in [2.05, 4.69) is 21.5 Å². The first-order valence-electron chi connectivity index (χ1n) is 10.3. The Kier molecular flexibility index (Phi) is 5.75. The van der Waals surface area contributed by atoms with Crippen LogP contribution in [0.2, 0.25) is 0 Å². The van der Waals surface area contributed by atoms with Gasteiger partial charge in [-0.05, 0) is 56.5 Å². The number of hydrogen-bond acceptors (Lipinski definition) is 7. The lowest BCUT2D eigenvalue weighted by molar-refractivity contribution is 0.0635. The molecule has 0 fully saturated rings. The van der Waals surface area contributed by atoms with E-state index in [1.165, 1.54) is 6.33 Å². The molecule has 2 aromatic heterocycles. The molecular weight excluding hydrogens is 410 g/mol. The highest BCUT2D eigenvalue weighted by atomic mass is 16.6. The van der Waals surface area contributed by atoms with Crippen molar-refractivity contribution in [3.63, 3.8) is 0 Å². The number of ether oxygens (including phenoxy) is 3. The van der Waals surface area contributed by atoms with Gasteiger partial charge in [0, 0.05) is 5.56 Å². The fourth-order valence-corrected chi connectivity index (χ4v) is 3.65. The minimum absolute atomic E-state index is 0.379. The van der Waals surface area contributed by atoms with Crippen LogP contribution in [0.15, 0.2) is 36.7 Å². The van der Waals surface area contributed by atoms with Crippen LogP contribution in [-0.2, 0) is 9.47 Å². The van der Waals surface area contributed by atoms with E-state index in [0.717, 1.165) is 28.8 Å². The molecule has 1 aromatic carbocycles. The van der Waals surface area contributed by atoms with Crippen molar-refractivity contribution in [2.45, 2.75) is 32.8 Å². The van der Waals surface area contributed by atoms with E-state index in [1.807, 2.05) is 43.5 Å². The first-order chi connectivity index (χ1) is 15.3. The number of nitrogens with two attached hydrogens (primary N) is 1. The zero-order chi connectivity index (χ0) is 22.9. The van der Waals surface area contributed by atoms with Gasteiger partial charge >= 0.3 is 6.09 Å². The molecule has 0 bridgehead atoms. The molecule has 0 saturated heterocycles. The molecule has 9 nitrogen and oxygen atoms in total. The quantitative estimate of drug-likeness (QED) is 0.631. The summed E-state index contributed by atoms with van der Waals surface area (Å²) in [5.74, 6) is 0.874. The standard InChI is InChI=1S/C23H27N5O4/c1-23(2,3)32-22(29)27-17-6-5-15(11-19(17)30-4)16-12-18(14-7-9-31-10-8-14)28-20(16)21(24)25-13-26-28/h5-7,11-13H,8-10H2,1-4H3,(H,27,29)(H2,24,25,26). The summed E-state index contributed by atoms with van der Waals surface area (Å²) in [5, 5.41) is 7.17. The van der Waals surface area contributed by atoms with Crippen molar-refractivity contribution in [2.24, 2.45) is 0 Å². The monoisotopic (exact) mass is 437 g/mol. The Bertz CT molecular complexity index is 1190. The summed E-state index contributed by atoms with van der Waals surface area (Å²) < 4.78 is 18.1. The summed E-state index contributed by atoms with van der Waals surface area (Å²) in [6.07, 6.45) is 3.74. The Morgan fingerprint density at radius 2 is 2.09 bits per heavy atom. The molecule has 1 aliphatic rings. The Morgan fingerprint density at radius 3 is 2.78 bits per heavy atom. The molecule has 0 aliphatic carbocycles. The highest BCUT2D eigenvalue weighted by Crippen LogP contribution is 2.37. The Balaban J connectivity index is 1.76. The summed E-state index contributed by atoms with van der Waals surface area (Å²) in [5.41, 5.74) is 10.7. The van der Waals surface area contributed by atoms with Crippen LogP contribution in [0.1, 0.15) is 32.9 Å². The van der Waals surface area contributed by atoms with Crippen LogP contribution in [0.5, 0.6) is 5.75 Å². The smallest absolute Gasteiger partial charge is 0.412 e. The summed E-state index contributed by atoms with van der Waals surface area (Å²) in [4.78, 5) is 16.4.